The highest BCUT2D eigenvalue weighted by Crippen LogP contribution is 2.40. The average molecular weight is 719 g/mol. The quantitative estimate of drug-likeness (QED) is 0.101. The Balaban J connectivity index is 1.36. The van der Waals surface area contributed by atoms with Gasteiger partial charge in [0.2, 0.25) is 0 Å². The van der Waals surface area contributed by atoms with Crippen LogP contribution >= 0.6 is 23.2 Å². The molecule has 12 heteroatoms. The Kier molecular flexibility index (Phi) is 10.4. The molecule has 0 saturated carbocycles. The number of H-pyrrole nitrogens is 1. The van der Waals surface area contributed by atoms with E-state index >= 15 is 0 Å². The fraction of sp³-hybridized carbons (Fsp3) is 0.342. The second kappa shape index (κ2) is 14.8. The molecule has 6 rings (SSSR count). The van der Waals surface area contributed by atoms with Gasteiger partial charge in [0.1, 0.15) is 11.4 Å². The highest BCUT2D eigenvalue weighted by molar-refractivity contribution is 6.35. The summed E-state index contributed by atoms with van der Waals surface area (Å²) in [5.74, 6) is -0.751. The summed E-state index contributed by atoms with van der Waals surface area (Å²) in [5.41, 5.74) is 8.25. The summed E-state index contributed by atoms with van der Waals surface area (Å²) >= 11 is 13.2. The lowest BCUT2D eigenvalue weighted by molar-refractivity contribution is 0.0696. The number of carbonyl (C=O) groups excluding carboxylic acids is 1. The van der Waals surface area contributed by atoms with Crippen molar-refractivity contribution in [2.45, 2.75) is 59.4 Å². The van der Waals surface area contributed by atoms with E-state index in [1.807, 2.05) is 63.7 Å². The number of nitrogens with zero attached hydrogens (tertiary/aromatic N) is 2. The first kappa shape index (κ1) is 35.3. The van der Waals surface area contributed by atoms with Gasteiger partial charge in [0.15, 0.2) is 0 Å². The predicted molar refractivity (Wildman–Crippen MR) is 199 cm³/mol. The van der Waals surface area contributed by atoms with Gasteiger partial charge in [0.25, 0.3) is 5.91 Å². The summed E-state index contributed by atoms with van der Waals surface area (Å²) in [4.78, 5) is 29.7. The van der Waals surface area contributed by atoms with Crippen LogP contribution in [0.1, 0.15) is 68.2 Å². The van der Waals surface area contributed by atoms with Crippen LogP contribution in [0, 0.1) is 27.7 Å². The van der Waals surface area contributed by atoms with E-state index in [0.717, 1.165) is 73.7 Å². The standard InChI is InChI=1S/C38H41Cl2N5O5/c1-20-15-28(16-21(2)34(20)40)50-12-6-7-29-30-8-9-31(39)33(32-22(3)44-45(5)23(32)4)35(30)43-36(29)37(46)42-27-18-24(38(47)48)17-26(19-27)41-25-10-13-49-14-11-25/h8-9,15-19,25,41,43H,6-7,10-14H2,1-5H3,(H,42,46)(H,47,48). The van der Waals surface area contributed by atoms with Crippen LogP contribution in [0.15, 0.2) is 42.5 Å². The van der Waals surface area contributed by atoms with Gasteiger partial charge in [-0.05, 0) is 106 Å². The van der Waals surface area contributed by atoms with Gasteiger partial charge < -0.3 is 30.2 Å². The van der Waals surface area contributed by atoms with E-state index in [-0.39, 0.29) is 11.6 Å². The van der Waals surface area contributed by atoms with Gasteiger partial charge in [-0.2, -0.15) is 5.10 Å². The third-order valence-electron chi connectivity index (χ3n) is 9.30. The number of nitrogens with one attached hydrogen (secondary N) is 3. The number of fused-ring (bicyclic) bond motifs is 1. The molecule has 10 nitrogen and oxygen atoms in total. The third kappa shape index (κ3) is 7.33. The van der Waals surface area contributed by atoms with E-state index < -0.39 is 11.9 Å². The number of ether oxygens (including phenoxy) is 2. The normalized spacial score (nSPS) is 13.5. The van der Waals surface area contributed by atoms with Crippen molar-refractivity contribution in [3.05, 3.63) is 91.8 Å². The molecule has 1 fully saturated rings. The Bertz CT molecular complexity index is 2070. The Morgan fingerprint density at radius 2 is 1.72 bits per heavy atom. The Morgan fingerprint density at radius 1 is 1.02 bits per heavy atom. The van der Waals surface area contributed by atoms with Crippen LogP contribution in [0.5, 0.6) is 5.75 Å². The summed E-state index contributed by atoms with van der Waals surface area (Å²) in [6.45, 7) is 9.51. The summed E-state index contributed by atoms with van der Waals surface area (Å²) in [7, 11) is 1.89. The lowest BCUT2D eigenvalue weighted by Crippen LogP contribution is -2.28. The molecule has 3 aromatic carbocycles. The molecule has 0 bridgehead atoms. The molecule has 0 spiro atoms. The number of aromatic nitrogens is 3. The Morgan fingerprint density at radius 3 is 2.38 bits per heavy atom. The van der Waals surface area contributed by atoms with Gasteiger partial charge in [-0.1, -0.05) is 29.3 Å². The molecule has 1 saturated heterocycles. The number of carbonyl (C=O) groups is 2. The highest BCUT2D eigenvalue weighted by Gasteiger charge is 2.25. The van der Waals surface area contributed by atoms with Crippen LogP contribution in [0.25, 0.3) is 22.0 Å². The Hall–Kier alpha value is -4.51. The summed E-state index contributed by atoms with van der Waals surface area (Å²) in [6.07, 6.45) is 2.74. The number of carboxylic acids is 1. The van der Waals surface area contributed by atoms with Crippen molar-refractivity contribution < 1.29 is 24.2 Å². The molecule has 0 atom stereocenters. The van der Waals surface area contributed by atoms with Crippen molar-refractivity contribution in [1.82, 2.24) is 14.8 Å². The maximum atomic E-state index is 14.2. The smallest absolute Gasteiger partial charge is 0.335 e. The lowest BCUT2D eigenvalue weighted by Gasteiger charge is -2.24. The van der Waals surface area contributed by atoms with Gasteiger partial charge in [-0.25, -0.2) is 4.79 Å². The van der Waals surface area contributed by atoms with Crippen molar-refractivity contribution in [2.75, 3.05) is 30.5 Å². The van der Waals surface area contributed by atoms with Crippen LogP contribution < -0.4 is 15.4 Å². The first-order valence-electron chi connectivity index (χ1n) is 16.7. The minimum atomic E-state index is -1.09. The molecule has 0 unspecified atom stereocenters. The monoisotopic (exact) mass is 717 g/mol. The molecule has 262 valence electrons. The van der Waals surface area contributed by atoms with Crippen molar-refractivity contribution in [3.8, 4) is 16.9 Å². The topological polar surface area (TPSA) is 130 Å². The average Bonchev–Trinajstić information content (AvgIpc) is 3.57. The molecule has 5 aromatic rings. The molecule has 1 aliphatic heterocycles. The molecule has 0 aliphatic carbocycles. The number of amides is 1. The maximum Gasteiger partial charge on any atom is 0.335 e. The first-order valence-corrected chi connectivity index (χ1v) is 17.4. The van der Waals surface area contributed by atoms with E-state index in [1.165, 1.54) is 6.07 Å². The molecular formula is C38H41Cl2N5O5. The first-order chi connectivity index (χ1) is 23.9. The molecule has 0 radical (unpaired) electrons. The number of aromatic carboxylic acids is 1. The number of carboxylic acid groups (broad SMARTS) is 1. The number of benzene rings is 3. The van der Waals surface area contributed by atoms with Crippen LogP contribution in [0.3, 0.4) is 0 Å². The molecule has 1 amide bonds. The van der Waals surface area contributed by atoms with Gasteiger partial charge in [0, 0.05) is 64.9 Å². The summed E-state index contributed by atoms with van der Waals surface area (Å²) in [6, 6.07) is 12.6. The van der Waals surface area contributed by atoms with Crippen LogP contribution in [0.2, 0.25) is 10.0 Å². The number of rotatable bonds is 11. The zero-order chi connectivity index (χ0) is 35.7. The van der Waals surface area contributed by atoms with Crippen molar-refractivity contribution in [2.24, 2.45) is 7.05 Å². The van der Waals surface area contributed by atoms with Crippen molar-refractivity contribution in [3.63, 3.8) is 0 Å². The molecule has 1 aliphatic rings. The van der Waals surface area contributed by atoms with E-state index in [1.54, 1.807) is 12.1 Å². The largest absolute Gasteiger partial charge is 0.494 e. The van der Waals surface area contributed by atoms with Crippen LogP contribution in [-0.2, 0) is 18.2 Å². The minimum Gasteiger partial charge on any atom is -0.494 e. The number of anilines is 2. The fourth-order valence-corrected chi connectivity index (χ4v) is 7.09. The fourth-order valence-electron chi connectivity index (χ4n) is 6.73. The van der Waals surface area contributed by atoms with Gasteiger partial charge in [0.05, 0.1) is 28.4 Å². The highest BCUT2D eigenvalue weighted by atomic mass is 35.5. The second-order valence-electron chi connectivity index (χ2n) is 12.9. The SMILES string of the molecule is Cc1cc(OCCCc2c(C(=O)Nc3cc(NC4CCOCC4)cc(C(=O)O)c3)[nH]c3c(-c4c(C)nn(C)c4C)c(Cl)ccc23)cc(C)c1Cl. The van der Waals surface area contributed by atoms with E-state index in [0.29, 0.717) is 54.8 Å². The molecule has 50 heavy (non-hydrogen) atoms. The van der Waals surface area contributed by atoms with Crippen LogP contribution in [-0.4, -0.2) is 57.6 Å². The predicted octanol–water partition coefficient (Wildman–Crippen LogP) is 8.66. The summed E-state index contributed by atoms with van der Waals surface area (Å²) in [5, 5.41) is 23.0. The van der Waals surface area contributed by atoms with E-state index in [2.05, 4.69) is 20.7 Å². The summed E-state index contributed by atoms with van der Waals surface area (Å²) < 4.78 is 13.4. The van der Waals surface area contributed by atoms with E-state index in [4.69, 9.17) is 32.7 Å². The zero-order valence-electron chi connectivity index (χ0n) is 28.8. The minimum absolute atomic E-state index is 0.0654. The molecule has 3 heterocycles. The molecule has 4 N–H and O–H groups in total. The number of hydrogen-bond acceptors (Lipinski definition) is 6. The van der Waals surface area contributed by atoms with Gasteiger partial charge in [-0.3, -0.25) is 9.48 Å². The van der Waals surface area contributed by atoms with Crippen molar-refractivity contribution in [1.29, 1.82) is 0 Å². The van der Waals surface area contributed by atoms with Gasteiger partial charge in [-0.15, -0.1) is 0 Å². The van der Waals surface area contributed by atoms with E-state index in [9.17, 15) is 14.7 Å². The lowest BCUT2D eigenvalue weighted by atomic mass is 9.98. The second-order valence-corrected chi connectivity index (χ2v) is 13.7. The maximum absolute atomic E-state index is 14.2. The number of aryl methyl sites for hydroxylation is 5. The number of hydrogen-bond donors (Lipinski definition) is 4. The Labute approximate surface area is 301 Å². The number of aromatic amines is 1. The van der Waals surface area contributed by atoms with Crippen LogP contribution in [0.4, 0.5) is 11.4 Å². The molecular weight excluding hydrogens is 677 g/mol. The third-order valence-corrected chi connectivity index (χ3v) is 10.2. The molecule has 2 aromatic heterocycles. The van der Waals surface area contributed by atoms with Gasteiger partial charge >= 0.3 is 5.97 Å². The number of halogens is 2. The zero-order valence-corrected chi connectivity index (χ0v) is 30.3. The van der Waals surface area contributed by atoms with Crippen molar-refractivity contribution >= 4 is 57.4 Å².